The van der Waals surface area contributed by atoms with E-state index < -0.39 is 33.4 Å². The number of aryl methyl sites for hydroxylation is 2. The minimum atomic E-state index is -7.37. The summed E-state index contributed by atoms with van der Waals surface area (Å²) < 4.78 is 139. The highest BCUT2D eigenvalue weighted by Crippen LogP contribution is 2.54. The molecule has 0 aliphatic heterocycles. The van der Waals surface area contributed by atoms with Gasteiger partial charge in [0.05, 0.1) is 13.1 Å². The number of imidazole rings is 1. The van der Waals surface area contributed by atoms with Gasteiger partial charge < -0.3 is 0 Å². The van der Waals surface area contributed by atoms with Crippen LogP contribution in [0.5, 0.6) is 0 Å². The van der Waals surface area contributed by atoms with Gasteiger partial charge >= 0.3 is 33.4 Å². The van der Waals surface area contributed by atoms with Crippen molar-refractivity contribution in [3.63, 3.8) is 0 Å². The van der Waals surface area contributed by atoms with Crippen molar-refractivity contribution in [1.82, 2.24) is 4.57 Å². The maximum Gasteiger partial charge on any atom is 0.460 e. The third-order valence-electron chi connectivity index (χ3n) is 10.5. The molecule has 1 rings (SSSR count). The summed E-state index contributed by atoms with van der Waals surface area (Å²) in [6.45, 7) is 9.40. The Bertz CT molecular complexity index is 1180. The Morgan fingerprint density at radius 2 is 0.842 bits per heavy atom. The van der Waals surface area contributed by atoms with Gasteiger partial charge in [-0.05, 0) is 32.1 Å². The molecule has 0 aromatic carbocycles. The first-order valence-corrected chi connectivity index (χ1v) is 23.5. The van der Waals surface area contributed by atoms with E-state index >= 15 is 0 Å². The minimum Gasteiger partial charge on any atom is -0.281 e. The Kier molecular flexibility index (Phi) is 29.7. The largest absolute Gasteiger partial charge is 0.460 e. The van der Waals surface area contributed by atoms with E-state index in [4.69, 9.17) is 4.55 Å². The number of hydrogen-bond donors (Lipinski definition) is 1. The van der Waals surface area contributed by atoms with Crippen LogP contribution >= 0.6 is 0 Å². The molecule has 1 N–H and O–H groups in total. The van der Waals surface area contributed by atoms with Gasteiger partial charge in [0.1, 0.15) is 12.4 Å². The molecule has 340 valence electrons. The van der Waals surface area contributed by atoms with Crippen LogP contribution in [0.15, 0.2) is 12.4 Å². The van der Waals surface area contributed by atoms with Crippen LogP contribution in [0.4, 0.5) is 39.5 Å². The number of halogens is 9. The summed E-state index contributed by atoms with van der Waals surface area (Å²) in [4.78, 5) is 0. The van der Waals surface area contributed by atoms with Gasteiger partial charge in [0.2, 0.25) is 0 Å². The Morgan fingerprint density at radius 1 is 0.509 bits per heavy atom. The summed E-state index contributed by atoms with van der Waals surface area (Å²) in [6.07, 6.45) is 40.3. The molecular formula is C42H76F9N2O3S+. The highest BCUT2D eigenvalue weighted by atomic mass is 32.2. The van der Waals surface area contributed by atoms with Crippen molar-refractivity contribution in [3.05, 3.63) is 18.2 Å². The lowest BCUT2D eigenvalue weighted by Gasteiger charge is -2.31. The van der Waals surface area contributed by atoms with Crippen molar-refractivity contribution in [3.8, 4) is 0 Å². The highest BCUT2D eigenvalue weighted by molar-refractivity contribution is 7.87. The van der Waals surface area contributed by atoms with Gasteiger partial charge in [-0.3, -0.25) is 4.55 Å². The van der Waals surface area contributed by atoms with Gasteiger partial charge in [-0.1, -0.05) is 175 Å². The maximum atomic E-state index is 12.2. The number of hydrogen-bond acceptors (Lipinski definition) is 2. The lowest BCUT2D eigenvalue weighted by Crippen LogP contribution is -2.63. The molecule has 57 heavy (non-hydrogen) atoms. The molecule has 0 saturated heterocycles. The number of nitrogens with zero attached hydrogens (tertiary/aromatic N) is 2. The first-order chi connectivity index (χ1) is 26.8. The number of unbranched alkanes of at least 4 members (excludes halogenated alkanes) is 26. The molecular weight excluding hydrogens is 784 g/mol. The lowest BCUT2D eigenvalue weighted by molar-refractivity contribution is -0.704. The molecule has 0 amide bonds. The number of alkyl halides is 9. The zero-order chi connectivity index (χ0) is 43.3. The quantitative estimate of drug-likeness (QED) is 0.0320. The van der Waals surface area contributed by atoms with Crippen molar-refractivity contribution in [2.45, 2.75) is 250 Å². The SMILES string of the molecule is CCCCCCCCCCCCn1cc[n+](CCCCCCCCCCCC)c1CCCCCCCCCCC.O=S(=O)(O)C(F)(F)C(F)(F)C(F)(F)C(F)(F)F. The molecule has 0 spiro atoms. The molecule has 0 aliphatic rings. The monoisotopic (exact) mass is 860 g/mol. The van der Waals surface area contributed by atoms with E-state index in [2.05, 4.69) is 42.3 Å². The van der Waals surface area contributed by atoms with E-state index in [-0.39, 0.29) is 0 Å². The van der Waals surface area contributed by atoms with E-state index in [1.807, 2.05) is 0 Å². The number of aromatic nitrogens is 2. The van der Waals surface area contributed by atoms with Gasteiger partial charge in [-0.25, -0.2) is 9.13 Å². The van der Waals surface area contributed by atoms with Crippen molar-refractivity contribution in [2.24, 2.45) is 0 Å². The highest BCUT2D eigenvalue weighted by Gasteiger charge is 2.85. The standard InChI is InChI=1S/C38H75N2.C4HF9O3S/c1-4-7-10-13-16-19-22-25-28-31-34-39-36-37-40(35-32-29-26-23-20-17-14-11-8-5-2)38(39)33-30-27-24-21-18-15-12-9-6-3;5-1(6,3(9,10)11)2(7,8)4(12,13)17(14,15)16/h36-37H,4-35H2,1-3H3;(H,14,15,16)/q+1;. The second-order valence-electron chi connectivity index (χ2n) is 15.7. The topological polar surface area (TPSA) is 63.2 Å². The first-order valence-electron chi connectivity index (χ1n) is 22.1. The Balaban J connectivity index is 0.00000154. The molecule has 1 aromatic heterocycles. The summed E-state index contributed by atoms with van der Waals surface area (Å²) in [6, 6.07) is 0. The molecule has 0 radical (unpaired) electrons. The third kappa shape index (κ3) is 22.1. The predicted octanol–water partition coefficient (Wildman–Crippen LogP) is 15.0. The third-order valence-corrected chi connectivity index (χ3v) is 11.4. The van der Waals surface area contributed by atoms with E-state index in [0.29, 0.717) is 0 Å². The average molecular weight is 860 g/mol. The van der Waals surface area contributed by atoms with Crippen molar-refractivity contribution < 1.29 is 57.1 Å². The molecule has 0 unspecified atom stereocenters. The van der Waals surface area contributed by atoms with Crippen molar-refractivity contribution in [2.75, 3.05) is 0 Å². The molecule has 5 nitrogen and oxygen atoms in total. The van der Waals surface area contributed by atoms with Crippen LogP contribution < -0.4 is 4.57 Å². The van der Waals surface area contributed by atoms with Gasteiger partial charge in [0.25, 0.3) is 5.82 Å². The van der Waals surface area contributed by atoms with Crippen LogP contribution in [0.25, 0.3) is 0 Å². The fraction of sp³-hybridized carbons (Fsp3) is 0.929. The van der Waals surface area contributed by atoms with Crippen LogP contribution in [-0.2, 0) is 29.6 Å². The normalized spacial score (nSPS) is 12.9. The molecule has 0 aliphatic carbocycles. The molecule has 1 aromatic rings. The molecule has 0 atom stereocenters. The van der Waals surface area contributed by atoms with E-state index in [0.717, 1.165) is 0 Å². The second kappa shape index (κ2) is 30.5. The summed E-state index contributed by atoms with van der Waals surface area (Å²) >= 11 is 0. The molecule has 0 fully saturated rings. The van der Waals surface area contributed by atoms with Gasteiger partial charge in [-0.2, -0.15) is 47.9 Å². The van der Waals surface area contributed by atoms with Crippen LogP contribution in [0.2, 0.25) is 0 Å². The zero-order valence-corrected chi connectivity index (χ0v) is 36.1. The second-order valence-corrected chi connectivity index (χ2v) is 17.1. The minimum absolute atomic E-state index is 1.23. The Morgan fingerprint density at radius 3 is 1.19 bits per heavy atom. The van der Waals surface area contributed by atoms with Gasteiger partial charge in [-0.15, -0.1) is 0 Å². The fourth-order valence-corrected chi connectivity index (χ4v) is 7.30. The van der Waals surface area contributed by atoms with Crippen molar-refractivity contribution >= 4 is 10.1 Å². The first kappa shape index (κ1) is 55.5. The molecule has 15 heteroatoms. The fourth-order valence-electron chi connectivity index (χ4n) is 6.85. The van der Waals surface area contributed by atoms with E-state index in [1.54, 1.807) is 5.82 Å². The summed E-state index contributed by atoms with van der Waals surface area (Å²) in [5.41, 5.74) is 0. The molecule has 0 saturated carbocycles. The summed E-state index contributed by atoms with van der Waals surface area (Å²) in [7, 11) is -7.17. The number of rotatable bonds is 35. The Labute approximate surface area is 339 Å². The maximum absolute atomic E-state index is 12.2. The smallest absolute Gasteiger partial charge is 0.281 e. The lowest BCUT2D eigenvalue weighted by atomic mass is 10.1. The van der Waals surface area contributed by atoms with Crippen LogP contribution in [0.3, 0.4) is 0 Å². The average Bonchev–Trinajstić information content (AvgIpc) is 3.52. The van der Waals surface area contributed by atoms with Crippen LogP contribution in [0, 0.1) is 0 Å². The summed E-state index contributed by atoms with van der Waals surface area (Å²) in [5.74, 6) is -13.1. The van der Waals surface area contributed by atoms with Crippen molar-refractivity contribution in [1.29, 1.82) is 0 Å². The molecule has 1 heterocycles. The molecule has 0 bridgehead atoms. The Hall–Kier alpha value is -1.51. The van der Waals surface area contributed by atoms with E-state index in [9.17, 15) is 47.9 Å². The summed E-state index contributed by atoms with van der Waals surface area (Å²) in [5, 5.41) is -7.00. The van der Waals surface area contributed by atoms with Crippen LogP contribution in [0.1, 0.15) is 213 Å². The van der Waals surface area contributed by atoms with E-state index in [1.165, 1.54) is 206 Å². The van der Waals surface area contributed by atoms with Gasteiger partial charge in [0, 0.05) is 6.42 Å². The van der Waals surface area contributed by atoms with Crippen LogP contribution in [-0.4, -0.2) is 40.8 Å². The zero-order valence-electron chi connectivity index (χ0n) is 35.3. The van der Waals surface area contributed by atoms with Gasteiger partial charge in [0.15, 0.2) is 0 Å². The predicted molar refractivity (Wildman–Crippen MR) is 212 cm³/mol.